The maximum atomic E-state index is 6.01. The fourth-order valence-corrected chi connectivity index (χ4v) is 2.47. The molecule has 0 aliphatic carbocycles. The zero-order valence-electron chi connectivity index (χ0n) is 11.3. The van der Waals surface area contributed by atoms with Crippen molar-refractivity contribution >= 4 is 11.0 Å². The zero-order chi connectivity index (χ0) is 12.7. The van der Waals surface area contributed by atoms with Crippen molar-refractivity contribution in [3.8, 4) is 0 Å². The van der Waals surface area contributed by atoms with Gasteiger partial charge in [-0.2, -0.15) is 0 Å². The van der Waals surface area contributed by atoms with Crippen LogP contribution in [0.25, 0.3) is 11.0 Å². The third-order valence-electron chi connectivity index (χ3n) is 3.39. The molecule has 0 fully saturated rings. The van der Waals surface area contributed by atoms with E-state index in [0.29, 0.717) is 5.92 Å². The molecule has 2 nitrogen and oxygen atoms in total. The predicted octanol–water partition coefficient (Wildman–Crippen LogP) is 4.19. The molecule has 17 heavy (non-hydrogen) atoms. The van der Waals surface area contributed by atoms with Gasteiger partial charge in [-0.05, 0) is 37.8 Å². The van der Waals surface area contributed by atoms with Crippen molar-refractivity contribution in [1.29, 1.82) is 0 Å². The molecule has 2 rings (SSSR count). The molecule has 0 saturated heterocycles. The smallest absolute Gasteiger partial charge is 0.138 e. The molecule has 0 aliphatic heterocycles. The molecule has 1 aromatic carbocycles. The average molecular weight is 231 g/mol. The van der Waals surface area contributed by atoms with Gasteiger partial charge in [-0.25, -0.2) is 0 Å². The highest BCUT2D eigenvalue weighted by Crippen LogP contribution is 2.35. The Balaban J connectivity index is 2.84. The van der Waals surface area contributed by atoms with Crippen molar-refractivity contribution in [2.24, 2.45) is 5.73 Å². The first-order chi connectivity index (χ1) is 7.93. The molecule has 0 saturated carbocycles. The first kappa shape index (κ1) is 12.2. The minimum Gasteiger partial charge on any atom is -0.459 e. The van der Waals surface area contributed by atoms with Crippen LogP contribution in [0.2, 0.25) is 0 Å². The second-order valence-electron chi connectivity index (χ2n) is 5.21. The van der Waals surface area contributed by atoms with Gasteiger partial charge in [-0.15, -0.1) is 0 Å². The van der Waals surface area contributed by atoms with Gasteiger partial charge in [-0.1, -0.05) is 26.0 Å². The van der Waals surface area contributed by atoms with Gasteiger partial charge in [0.25, 0.3) is 0 Å². The lowest BCUT2D eigenvalue weighted by Crippen LogP contribution is -2.04. The number of nitrogens with two attached hydrogens (primary N) is 1. The Morgan fingerprint density at radius 1 is 1.12 bits per heavy atom. The van der Waals surface area contributed by atoms with Crippen LogP contribution < -0.4 is 5.73 Å². The molecule has 0 amide bonds. The molecule has 1 aromatic heterocycles. The second kappa shape index (κ2) is 4.19. The number of rotatable bonds is 2. The lowest BCUT2D eigenvalue weighted by Gasteiger charge is -2.07. The minimum atomic E-state index is -0.0539. The van der Waals surface area contributed by atoms with Crippen molar-refractivity contribution in [3.05, 3.63) is 34.6 Å². The first-order valence-corrected chi connectivity index (χ1v) is 6.21. The van der Waals surface area contributed by atoms with E-state index in [1.165, 1.54) is 22.1 Å². The summed E-state index contributed by atoms with van der Waals surface area (Å²) in [6.45, 7) is 10.6. The molecule has 0 bridgehead atoms. The normalized spacial score (nSPS) is 13.6. The standard InChI is InChI=1S/C15H21NO/c1-8(2)12-7-6-9(3)13-10(4)14(11(5)16)17-15(12)13/h6-8,11H,16H2,1-5H3. The summed E-state index contributed by atoms with van der Waals surface area (Å²) < 4.78 is 6.01. The van der Waals surface area contributed by atoms with Crippen molar-refractivity contribution in [2.75, 3.05) is 0 Å². The number of aryl methyl sites for hydroxylation is 2. The van der Waals surface area contributed by atoms with Crippen LogP contribution >= 0.6 is 0 Å². The van der Waals surface area contributed by atoms with Crippen LogP contribution in [0.4, 0.5) is 0 Å². The molecule has 0 aliphatic rings. The summed E-state index contributed by atoms with van der Waals surface area (Å²) in [5.74, 6) is 1.38. The molecular formula is C15H21NO. The first-order valence-electron chi connectivity index (χ1n) is 6.21. The van der Waals surface area contributed by atoms with Gasteiger partial charge >= 0.3 is 0 Å². The SMILES string of the molecule is Cc1ccc(C(C)C)c2oc(C(C)N)c(C)c12. The maximum absolute atomic E-state index is 6.01. The molecule has 1 heterocycles. The predicted molar refractivity (Wildman–Crippen MR) is 72.4 cm³/mol. The van der Waals surface area contributed by atoms with Gasteiger partial charge in [0.1, 0.15) is 11.3 Å². The van der Waals surface area contributed by atoms with Crippen LogP contribution in [0, 0.1) is 13.8 Å². The van der Waals surface area contributed by atoms with Crippen LogP contribution in [0.3, 0.4) is 0 Å². The van der Waals surface area contributed by atoms with Crippen LogP contribution in [0.1, 0.15) is 55.2 Å². The van der Waals surface area contributed by atoms with Crippen molar-refractivity contribution in [3.63, 3.8) is 0 Å². The Labute approximate surface area is 103 Å². The fraction of sp³-hybridized carbons (Fsp3) is 0.467. The monoisotopic (exact) mass is 231 g/mol. The van der Waals surface area contributed by atoms with E-state index in [-0.39, 0.29) is 6.04 Å². The fourth-order valence-electron chi connectivity index (χ4n) is 2.47. The number of benzene rings is 1. The molecule has 2 heteroatoms. The van der Waals surface area contributed by atoms with Gasteiger partial charge in [0.15, 0.2) is 0 Å². The quantitative estimate of drug-likeness (QED) is 0.841. The van der Waals surface area contributed by atoms with E-state index in [1.54, 1.807) is 0 Å². The molecule has 2 aromatic rings. The van der Waals surface area contributed by atoms with Gasteiger partial charge in [0, 0.05) is 10.9 Å². The van der Waals surface area contributed by atoms with Crippen molar-refractivity contribution in [1.82, 2.24) is 0 Å². The second-order valence-corrected chi connectivity index (χ2v) is 5.21. The lowest BCUT2D eigenvalue weighted by molar-refractivity contribution is 0.505. The van der Waals surface area contributed by atoms with Crippen LogP contribution in [-0.2, 0) is 0 Å². The lowest BCUT2D eigenvalue weighted by atomic mass is 9.97. The van der Waals surface area contributed by atoms with Crippen LogP contribution in [0.15, 0.2) is 16.5 Å². The molecule has 2 N–H and O–H groups in total. The summed E-state index contributed by atoms with van der Waals surface area (Å²) in [6, 6.07) is 4.28. The molecule has 0 radical (unpaired) electrons. The topological polar surface area (TPSA) is 39.2 Å². The van der Waals surface area contributed by atoms with E-state index in [2.05, 4.69) is 39.8 Å². The number of furan rings is 1. The number of hydrogen-bond acceptors (Lipinski definition) is 2. The van der Waals surface area contributed by atoms with Crippen molar-refractivity contribution in [2.45, 2.75) is 46.6 Å². The molecule has 92 valence electrons. The zero-order valence-corrected chi connectivity index (χ0v) is 11.3. The summed E-state index contributed by atoms with van der Waals surface area (Å²) in [5.41, 5.74) is 10.7. The summed E-state index contributed by atoms with van der Waals surface area (Å²) in [6.07, 6.45) is 0. The van der Waals surface area contributed by atoms with E-state index >= 15 is 0 Å². The largest absolute Gasteiger partial charge is 0.459 e. The molecule has 1 unspecified atom stereocenters. The van der Waals surface area contributed by atoms with E-state index in [4.69, 9.17) is 10.2 Å². The highest BCUT2D eigenvalue weighted by Gasteiger charge is 2.18. The number of hydrogen-bond donors (Lipinski definition) is 1. The van der Waals surface area contributed by atoms with Gasteiger partial charge in [-0.3, -0.25) is 0 Å². The average Bonchev–Trinajstić information content (AvgIpc) is 2.57. The van der Waals surface area contributed by atoms with E-state index in [1.807, 2.05) is 6.92 Å². The van der Waals surface area contributed by atoms with E-state index in [0.717, 1.165) is 11.3 Å². The Morgan fingerprint density at radius 3 is 2.29 bits per heavy atom. The van der Waals surface area contributed by atoms with Gasteiger partial charge < -0.3 is 10.2 Å². The Hall–Kier alpha value is -1.28. The van der Waals surface area contributed by atoms with E-state index in [9.17, 15) is 0 Å². The van der Waals surface area contributed by atoms with Crippen molar-refractivity contribution < 1.29 is 4.42 Å². The molecular weight excluding hydrogens is 210 g/mol. The minimum absolute atomic E-state index is 0.0539. The Morgan fingerprint density at radius 2 is 1.76 bits per heavy atom. The molecule has 0 spiro atoms. The van der Waals surface area contributed by atoms with Crippen LogP contribution in [0.5, 0.6) is 0 Å². The molecule has 1 atom stereocenters. The highest BCUT2D eigenvalue weighted by atomic mass is 16.3. The summed E-state index contributed by atoms with van der Waals surface area (Å²) in [5, 5.41) is 1.24. The third-order valence-corrected chi connectivity index (χ3v) is 3.39. The van der Waals surface area contributed by atoms with Crippen LogP contribution in [-0.4, -0.2) is 0 Å². The highest BCUT2D eigenvalue weighted by molar-refractivity contribution is 5.88. The van der Waals surface area contributed by atoms with Gasteiger partial charge in [0.05, 0.1) is 6.04 Å². The summed E-state index contributed by atoms with van der Waals surface area (Å²) >= 11 is 0. The number of fused-ring (bicyclic) bond motifs is 1. The Kier molecular flexibility index (Phi) is 3.00. The third kappa shape index (κ3) is 1.87. The maximum Gasteiger partial charge on any atom is 0.138 e. The van der Waals surface area contributed by atoms with Gasteiger partial charge in [0.2, 0.25) is 0 Å². The Bertz CT molecular complexity index is 550. The summed E-state index contributed by atoms with van der Waals surface area (Å²) in [7, 11) is 0. The van der Waals surface area contributed by atoms with E-state index < -0.39 is 0 Å². The summed E-state index contributed by atoms with van der Waals surface area (Å²) in [4.78, 5) is 0.